The SMILES string of the molecule is OC[C@H](O)C1NC[C@H](O)[C@@H]1O. The first-order valence-corrected chi connectivity index (χ1v) is 3.55. The highest BCUT2D eigenvalue weighted by Crippen LogP contribution is 2.10. The summed E-state index contributed by atoms with van der Waals surface area (Å²) in [6, 6.07) is -0.616. The normalized spacial score (nSPS) is 40.9. The summed E-state index contributed by atoms with van der Waals surface area (Å²) < 4.78 is 0. The number of rotatable bonds is 2. The first-order chi connectivity index (χ1) is 5.16. The van der Waals surface area contributed by atoms with E-state index >= 15 is 0 Å². The molecular weight excluding hydrogens is 150 g/mol. The number of β-amino-alcohol motifs (C(OH)–C–C–N with tert-alkyl or cyclic N) is 1. The van der Waals surface area contributed by atoms with Crippen molar-refractivity contribution in [2.75, 3.05) is 13.2 Å². The molecule has 0 spiro atoms. The molecule has 0 amide bonds. The summed E-state index contributed by atoms with van der Waals surface area (Å²) in [7, 11) is 0. The number of hydrogen-bond donors (Lipinski definition) is 5. The van der Waals surface area contributed by atoms with Crippen LogP contribution in [0.1, 0.15) is 0 Å². The Hall–Kier alpha value is -0.200. The van der Waals surface area contributed by atoms with Gasteiger partial charge in [0.2, 0.25) is 0 Å². The van der Waals surface area contributed by atoms with Crippen LogP contribution in [0.3, 0.4) is 0 Å². The van der Waals surface area contributed by atoms with E-state index in [9.17, 15) is 5.11 Å². The Morgan fingerprint density at radius 1 is 1.45 bits per heavy atom. The standard InChI is InChI=1S/C6H13NO4/c8-2-4(10)5-6(11)3(9)1-7-5/h3-11H,1-2H2/t3-,4-,5?,6-/m0/s1. The smallest absolute Gasteiger partial charge is 0.0990 e. The highest BCUT2D eigenvalue weighted by Gasteiger charge is 2.36. The van der Waals surface area contributed by atoms with Gasteiger partial charge in [0.1, 0.15) is 0 Å². The molecule has 1 aliphatic rings. The molecule has 11 heavy (non-hydrogen) atoms. The summed E-state index contributed by atoms with van der Waals surface area (Å²) in [6.45, 7) is -0.162. The zero-order valence-corrected chi connectivity index (χ0v) is 6.01. The second-order valence-electron chi connectivity index (χ2n) is 2.74. The van der Waals surface area contributed by atoms with Gasteiger partial charge in [-0.3, -0.25) is 0 Å². The second kappa shape index (κ2) is 3.46. The largest absolute Gasteiger partial charge is 0.394 e. The minimum absolute atomic E-state index is 0.253. The first kappa shape index (κ1) is 8.89. The predicted octanol–water partition coefficient (Wildman–Crippen LogP) is -2.97. The van der Waals surface area contributed by atoms with Gasteiger partial charge in [-0.1, -0.05) is 0 Å². The summed E-state index contributed by atoms with van der Waals surface area (Å²) in [5.41, 5.74) is 0. The Morgan fingerprint density at radius 3 is 2.45 bits per heavy atom. The average molecular weight is 163 g/mol. The molecule has 0 aliphatic carbocycles. The van der Waals surface area contributed by atoms with E-state index in [0.717, 1.165) is 0 Å². The maximum atomic E-state index is 9.18. The Morgan fingerprint density at radius 2 is 2.09 bits per heavy atom. The molecule has 0 aromatic heterocycles. The lowest BCUT2D eigenvalue weighted by atomic mass is 10.1. The van der Waals surface area contributed by atoms with Gasteiger partial charge in [0, 0.05) is 6.54 Å². The zero-order chi connectivity index (χ0) is 8.43. The van der Waals surface area contributed by atoms with Gasteiger partial charge >= 0.3 is 0 Å². The van der Waals surface area contributed by atoms with Gasteiger partial charge in [0.15, 0.2) is 0 Å². The Balaban J connectivity index is 2.47. The van der Waals surface area contributed by atoms with Crippen molar-refractivity contribution >= 4 is 0 Å². The van der Waals surface area contributed by atoms with Crippen molar-refractivity contribution in [1.82, 2.24) is 5.32 Å². The highest BCUT2D eigenvalue weighted by atomic mass is 16.3. The minimum Gasteiger partial charge on any atom is -0.394 e. The average Bonchev–Trinajstić information content (AvgIpc) is 2.32. The van der Waals surface area contributed by atoms with Crippen LogP contribution < -0.4 is 5.32 Å². The van der Waals surface area contributed by atoms with Crippen molar-refractivity contribution in [2.45, 2.75) is 24.4 Å². The monoisotopic (exact) mass is 163 g/mol. The minimum atomic E-state index is -1.01. The summed E-state index contributed by atoms with van der Waals surface area (Å²) in [6.07, 6.45) is -2.85. The van der Waals surface area contributed by atoms with E-state index in [1.807, 2.05) is 0 Å². The van der Waals surface area contributed by atoms with E-state index in [0.29, 0.717) is 0 Å². The number of aliphatic hydroxyl groups excluding tert-OH is 4. The van der Waals surface area contributed by atoms with Gasteiger partial charge in [-0.15, -0.1) is 0 Å². The Labute approximate surface area is 64.3 Å². The molecule has 1 rings (SSSR count). The molecule has 1 aliphatic heterocycles. The van der Waals surface area contributed by atoms with E-state index in [2.05, 4.69) is 5.32 Å². The summed E-state index contributed by atoms with van der Waals surface area (Å²) in [5, 5.41) is 38.5. The Bertz CT molecular complexity index is 132. The van der Waals surface area contributed by atoms with Crippen LogP contribution in [0.25, 0.3) is 0 Å². The van der Waals surface area contributed by atoms with E-state index in [1.165, 1.54) is 0 Å². The molecule has 1 fully saturated rings. The van der Waals surface area contributed by atoms with Crippen LogP contribution in [-0.4, -0.2) is 57.9 Å². The lowest BCUT2D eigenvalue weighted by Gasteiger charge is -2.19. The molecule has 0 saturated carbocycles. The third-order valence-electron chi connectivity index (χ3n) is 1.93. The first-order valence-electron chi connectivity index (χ1n) is 3.55. The molecule has 0 aromatic carbocycles. The number of hydrogen-bond acceptors (Lipinski definition) is 5. The highest BCUT2D eigenvalue weighted by molar-refractivity contribution is 4.94. The van der Waals surface area contributed by atoms with Crippen LogP contribution in [0, 0.1) is 0 Å². The Kier molecular flexibility index (Phi) is 2.80. The molecule has 0 bridgehead atoms. The van der Waals surface area contributed by atoms with Crippen molar-refractivity contribution in [3.8, 4) is 0 Å². The van der Waals surface area contributed by atoms with Crippen LogP contribution in [0.5, 0.6) is 0 Å². The topological polar surface area (TPSA) is 93.0 Å². The van der Waals surface area contributed by atoms with Crippen LogP contribution in [0.2, 0.25) is 0 Å². The van der Waals surface area contributed by atoms with Crippen LogP contribution >= 0.6 is 0 Å². The van der Waals surface area contributed by atoms with Crippen molar-refractivity contribution in [3.05, 3.63) is 0 Å². The molecule has 1 saturated heterocycles. The molecule has 0 aromatic rings. The predicted molar refractivity (Wildman–Crippen MR) is 36.9 cm³/mol. The van der Waals surface area contributed by atoms with Crippen molar-refractivity contribution in [2.24, 2.45) is 0 Å². The van der Waals surface area contributed by atoms with Crippen LogP contribution in [0.15, 0.2) is 0 Å². The molecule has 5 N–H and O–H groups in total. The molecule has 1 heterocycles. The van der Waals surface area contributed by atoms with Gasteiger partial charge in [-0.2, -0.15) is 0 Å². The molecule has 66 valence electrons. The molecule has 1 unspecified atom stereocenters. The second-order valence-corrected chi connectivity index (χ2v) is 2.74. The fraction of sp³-hybridized carbons (Fsp3) is 1.00. The molecule has 0 radical (unpaired) electrons. The quantitative estimate of drug-likeness (QED) is 0.300. The zero-order valence-electron chi connectivity index (χ0n) is 6.01. The van der Waals surface area contributed by atoms with Crippen molar-refractivity contribution < 1.29 is 20.4 Å². The van der Waals surface area contributed by atoms with Crippen molar-refractivity contribution in [1.29, 1.82) is 0 Å². The van der Waals surface area contributed by atoms with Gasteiger partial charge in [-0.05, 0) is 0 Å². The third-order valence-corrected chi connectivity index (χ3v) is 1.93. The van der Waals surface area contributed by atoms with Crippen LogP contribution in [-0.2, 0) is 0 Å². The summed E-state index contributed by atoms with van der Waals surface area (Å²) in [4.78, 5) is 0. The third kappa shape index (κ3) is 1.69. The van der Waals surface area contributed by atoms with E-state index in [1.54, 1.807) is 0 Å². The van der Waals surface area contributed by atoms with E-state index in [-0.39, 0.29) is 6.54 Å². The maximum Gasteiger partial charge on any atom is 0.0990 e. The lowest BCUT2D eigenvalue weighted by molar-refractivity contribution is -0.00977. The van der Waals surface area contributed by atoms with Gasteiger partial charge < -0.3 is 25.7 Å². The van der Waals surface area contributed by atoms with E-state index < -0.39 is 31.0 Å². The summed E-state index contributed by atoms with van der Waals surface area (Å²) >= 11 is 0. The van der Waals surface area contributed by atoms with Gasteiger partial charge in [-0.25, -0.2) is 0 Å². The fourth-order valence-electron chi connectivity index (χ4n) is 1.21. The molecule has 5 heteroatoms. The number of nitrogens with one attached hydrogen (secondary N) is 1. The van der Waals surface area contributed by atoms with E-state index in [4.69, 9.17) is 15.3 Å². The van der Waals surface area contributed by atoms with Gasteiger partial charge in [0.05, 0.1) is 31.0 Å². The van der Waals surface area contributed by atoms with Crippen LogP contribution in [0.4, 0.5) is 0 Å². The van der Waals surface area contributed by atoms with Crippen molar-refractivity contribution in [3.63, 3.8) is 0 Å². The molecule has 5 nitrogen and oxygen atoms in total. The lowest BCUT2D eigenvalue weighted by Crippen LogP contribution is -2.44. The van der Waals surface area contributed by atoms with Gasteiger partial charge in [0.25, 0.3) is 0 Å². The molecule has 4 atom stereocenters. The number of aliphatic hydroxyl groups is 4. The summed E-state index contributed by atoms with van der Waals surface area (Å²) in [5.74, 6) is 0. The maximum absolute atomic E-state index is 9.18. The fourth-order valence-corrected chi connectivity index (χ4v) is 1.21. The molecular formula is C6H13NO4.